The zero-order valence-corrected chi connectivity index (χ0v) is 16.1. The lowest BCUT2D eigenvalue weighted by Gasteiger charge is -2.17. The first-order chi connectivity index (χ1) is 9.54. The van der Waals surface area contributed by atoms with Gasteiger partial charge in [0.1, 0.15) is 0 Å². The van der Waals surface area contributed by atoms with Crippen LogP contribution in [0.15, 0.2) is 22.5 Å². The Morgan fingerprint density at radius 1 is 1.29 bits per heavy atom. The molecule has 0 aromatic carbocycles. The zero-order chi connectivity index (χ0) is 15.0. The molecule has 0 saturated heterocycles. The van der Waals surface area contributed by atoms with Crippen molar-refractivity contribution in [1.29, 1.82) is 0 Å². The maximum Gasteiger partial charge on any atom is 0.222 e. The van der Waals surface area contributed by atoms with E-state index in [1.807, 2.05) is 19.9 Å². The summed E-state index contributed by atoms with van der Waals surface area (Å²) in [5, 5.41) is 11.4. The molecule has 1 heterocycles. The van der Waals surface area contributed by atoms with Crippen molar-refractivity contribution in [3.8, 4) is 0 Å². The van der Waals surface area contributed by atoms with E-state index < -0.39 is 0 Å². The SMILES string of the molecule is CN=C(NCCNC(=O)C(C)C)NC(C)c1cccs1.I. The smallest absolute Gasteiger partial charge is 0.222 e. The first-order valence-corrected chi connectivity index (χ1v) is 7.70. The van der Waals surface area contributed by atoms with Gasteiger partial charge in [0.15, 0.2) is 5.96 Å². The van der Waals surface area contributed by atoms with Crippen LogP contribution in [0.3, 0.4) is 0 Å². The Kier molecular flexibility index (Phi) is 10.4. The van der Waals surface area contributed by atoms with Crippen molar-refractivity contribution in [3.05, 3.63) is 22.4 Å². The number of halogens is 1. The van der Waals surface area contributed by atoms with Gasteiger partial charge in [0.2, 0.25) is 5.91 Å². The highest BCUT2D eigenvalue weighted by molar-refractivity contribution is 14.0. The molecule has 0 radical (unpaired) electrons. The van der Waals surface area contributed by atoms with Crippen LogP contribution in [0.2, 0.25) is 0 Å². The fourth-order valence-electron chi connectivity index (χ4n) is 1.58. The zero-order valence-electron chi connectivity index (χ0n) is 13.0. The predicted molar refractivity (Wildman–Crippen MR) is 100 cm³/mol. The minimum atomic E-state index is 0. The van der Waals surface area contributed by atoms with Gasteiger partial charge < -0.3 is 16.0 Å². The molecular weight excluding hydrogens is 399 g/mol. The fraction of sp³-hybridized carbons (Fsp3) is 0.571. The van der Waals surface area contributed by atoms with Crippen molar-refractivity contribution >= 4 is 47.2 Å². The van der Waals surface area contributed by atoms with E-state index in [2.05, 4.69) is 39.3 Å². The molecule has 0 fully saturated rings. The number of carbonyl (C=O) groups excluding carboxylic acids is 1. The average Bonchev–Trinajstić information content (AvgIpc) is 2.95. The highest BCUT2D eigenvalue weighted by atomic mass is 127. The number of rotatable bonds is 6. The largest absolute Gasteiger partial charge is 0.355 e. The van der Waals surface area contributed by atoms with Crippen molar-refractivity contribution in [2.24, 2.45) is 10.9 Å². The maximum atomic E-state index is 11.4. The molecule has 3 N–H and O–H groups in total. The van der Waals surface area contributed by atoms with Gasteiger partial charge in [-0.2, -0.15) is 0 Å². The monoisotopic (exact) mass is 424 g/mol. The minimum absolute atomic E-state index is 0. The Morgan fingerprint density at radius 3 is 2.48 bits per heavy atom. The summed E-state index contributed by atoms with van der Waals surface area (Å²) in [7, 11) is 1.74. The van der Waals surface area contributed by atoms with E-state index >= 15 is 0 Å². The van der Waals surface area contributed by atoms with Crippen LogP contribution in [0, 0.1) is 5.92 Å². The number of guanidine groups is 1. The molecule has 5 nitrogen and oxygen atoms in total. The molecule has 0 aliphatic rings. The summed E-state index contributed by atoms with van der Waals surface area (Å²) in [4.78, 5) is 16.8. The second-order valence-electron chi connectivity index (χ2n) is 4.83. The molecule has 1 amide bonds. The van der Waals surface area contributed by atoms with E-state index in [4.69, 9.17) is 0 Å². The number of carbonyl (C=O) groups is 1. The second kappa shape index (κ2) is 10.8. The van der Waals surface area contributed by atoms with Crippen LogP contribution in [0.4, 0.5) is 0 Å². The summed E-state index contributed by atoms with van der Waals surface area (Å²) in [5.41, 5.74) is 0. The minimum Gasteiger partial charge on any atom is -0.355 e. The molecule has 0 saturated carbocycles. The molecule has 0 bridgehead atoms. The molecular formula is C14H25IN4OS. The van der Waals surface area contributed by atoms with Gasteiger partial charge in [-0.15, -0.1) is 35.3 Å². The van der Waals surface area contributed by atoms with Gasteiger partial charge in [-0.25, -0.2) is 0 Å². The van der Waals surface area contributed by atoms with Crippen molar-refractivity contribution in [2.75, 3.05) is 20.1 Å². The lowest BCUT2D eigenvalue weighted by molar-refractivity contribution is -0.123. The fourth-order valence-corrected chi connectivity index (χ4v) is 2.31. The average molecular weight is 424 g/mol. The van der Waals surface area contributed by atoms with E-state index in [9.17, 15) is 4.79 Å². The summed E-state index contributed by atoms with van der Waals surface area (Å²) < 4.78 is 0. The Bertz CT molecular complexity index is 434. The number of hydrogen-bond acceptors (Lipinski definition) is 3. The summed E-state index contributed by atoms with van der Waals surface area (Å²) in [6.45, 7) is 7.09. The third-order valence-corrected chi connectivity index (χ3v) is 3.84. The lowest BCUT2D eigenvalue weighted by Crippen LogP contribution is -2.42. The van der Waals surface area contributed by atoms with Gasteiger partial charge in [0.25, 0.3) is 0 Å². The number of nitrogens with zero attached hydrogens (tertiary/aromatic N) is 1. The molecule has 0 aliphatic carbocycles. The summed E-state index contributed by atoms with van der Waals surface area (Å²) in [6.07, 6.45) is 0. The second-order valence-corrected chi connectivity index (χ2v) is 5.81. The number of aliphatic imine (C=N–C) groups is 1. The molecule has 1 aromatic rings. The van der Waals surface area contributed by atoms with E-state index in [-0.39, 0.29) is 41.8 Å². The Labute approximate surface area is 148 Å². The number of hydrogen-bond donors (Lipinski definition) is 3. The summed E-state index contributed by atoms with van der Waals surface area (Å²) in [5.74, 6) is 0.831. The molecule has 0 spiro atoms. The van der Waals surface area contributed by atoms with Gasteiger partial charge in [-0.05, 0) is 18.4 Å². The van der Waals surface area contributed by atoms with E-state index in [1.54, 1.807) is 18.4 Å². The quantitative estimate of drug-likeness (QED) is 0.284. The van der Waals surface area contributed by atoms with Crippen LogP contribution >= 0.6 is 35.3 Å². The van der Waals surface area contributed by atoms with Gasteiger partial charge in [-0.3, -0.25) is 9.79 Å². The third kappa shape index (κ3) is 7.66. The Hall–Kier alpha value is -0.830. The molecule has 7 heteroatoms. The van der Waals surface area contributed by atoms with Crippen molar-refractivity contribution in [2.45, 2.75) is 26.8 Å². The highest BCUT2D eigenvalue weighted by Gasteiger charge is 2.08. The van der Waals surface area contributed by atoms with Crippen LogP contribution in [0.5, 0.6) is 0 Å². The Balaban J connectivity index is 0.00000400. The topological polar surface area (TPSA) is 65.5 Å². The van der Waals surface area contributed by atoms with Crippen LogP contribution < -0.4 is 16.0 Å². The van der Waals surface area contributed by atoms with E-state index in [0.29, 0.717) is 13.1 Å². The number of thiophene rings is 1. The first-order valence-electron chi connectivity index (χ1n) is 6.83. The van der Waals surface area contributed by atoms with Crippen molar-refractivity contribution in [1.82, 2.24) is 16.0 Å². The maximum absolute atomic E-state index is 11.4. The van der Waals surface area contributed by atoms with E-state index in [0.717, 1.165) is 5.96 Å². The molecule has 0 aliphatic heterocycles. The van der Waals surface area contributed by atoms with Crippen LogP contribution in [-0.4, -0.2) is 32.0 Å². The molecule has 1 rings (SSSR count). The molecule has 120 valence electrons. The van der Waals surface area contributed by atoms with Gasteiger partial charge >= 0.3 is 0 Å². The molecule has 1 aromatic heterocycles. The van der Waals surface area contributed by atoms with Gasteiger partial charge in [0.05, 0.1) is 6.04 Å². The predicted octanol–water partition coefficient (Wildman–Crippen LogP) is 2.36. The van der Waals surface area contributed by atoms with Crippen LogP contribution in [0.25, 0.3) is 0 Å². The van der Waals surface area contributed by atoms with Gasteiger partial charge in [0, 0.05) is 30.9 Å². The lowest BCUT2D eigenvalue weighted by atomic mass is 10.2. The number of amides is 1. The molecule has 21 heavy (non-hydrogen) atoms. The van der Waals surface area contributed by atoms with Crippen LogP contribution in [0.1, 0.15) is 31.7 Å². The van der Waals surface area contributed by atoms with Gasteiger partial charge in [-0.1, -0.05) is 19.9 Å². The Morgan fingerprint density at radius 2 is 1.95 bits per heavy atom. The van der Waals surface area contributed by atoms with Crippen molar-refractivity contribution in [3.63, 3.8) is 0 Å². The summed E-state index contributed by atoms with van der Waals surface area (Å²) >= 11 is 1.72. The highest BCUT2D eigenvalue weighted by Crippen LogP contribution is 2.17. The number of nitrogens with one attached hydrogen (secondary N) is 3. The van der Waals surface area contributed by atoms with Crippen molar-refractivity contribution < 1.29 is 4.79 Å². The molecule has 1 unspecified atom stereocenters. The summed E-state index contributed by atoms with van der Waals surface area (Å²) in [6, 6.07) is 4.35. The van der Waals surface area contributed by atoms with Crippen LogP contribution in [-0.2, 0) is 4.79 Å². The van der Waals surface area contributed by atoms with E-state index in [1.165, 1.54) is 4.88 Å². The standard InChI is InChI=1S/C14H24N4OS.HI/c1-10(2)13(19)16-7-8-17-14(15-4)18-11(3)12-6-5-9-20-12;/h5-6,9-11H,7-8H2,1-4H3,(H,16,19)(H2,15,17,18);1H. The first kappa shape index (κ1) is 20.2. The third-order valence-electron chi connectivity index (χ3n) is 2.79. The molecule has 1 atom stereocenters. The normalized spacial score (nSPS) is 12.5.